The summed E-state index contributed by atoms with van der Waals surface area (Å²) in [5.41, 5.74) is 1.32. The fourth-order valence-electron chi connectivity index (χ4n) is 1.94. The van der Waals surface area contributed by atoms with Crippen LogP contribution < -0.4 is 5.32 Å². The van der Waals surface area contributed by atoms with Crippen molar-refractivity contribution in [3.63, 3.8) is 0 Å². The number of nitriles is 1. The van der Waals surface area contributed by atoms with Gasteiger partial charge in [0, 0.05) is 19.3 Å². The number of hydrogen-bond donors (Lipinski definition) is 1. The first-order valence-corrected chi connectivity index (χ1v) is 5.50. The van der Waals surface area contributed by atoms with E-state index in [4.69, 9.17) is 5.26 Å². The third kappa shape index (κ3) is 2.36. The summed E-state index contributed by atoms with van der Waals surface area (Å²) >= 11 is 0. The Hall–Kier alpha value is -2.09. The van der Waals surface area contributed by atoms with E-state index < -0.39 is 0 Å². The number of anilines is 1. The van der Waals surface area contributed by atoms with E-state index in [1.165, 1.54) is 0 Å². The zero-order valence-electron chi connectivity index (χ0n) is 9.90. The van der Waals surface area contributed by atoms with Crippen LogP contribution in [0.3, 0.4) is 0 Å². The molecule has 5 nitrogen and oxygen atoms in total. The number of pyridine rings is 1. The van der Waals surface area contributed by atoms with Crippen LogP contribution in [0.25, 0.3) is 0 Å². The molecular weight excluding hydrogens is 216 g/mol. The Balaban J connectivity index is 2.17. The number of carbonyl (C=O) groups is 1. The van der Waals surface area contributed by atoms with Crippen LogP contribution in [0.15, 0.2) is 12.1 Å². The zero-order chi connectivity index (χ0) is 12.4. The Morgan fingerprint density at radius 2 is 2.35 bits per heavy atom. The Kier molecular flexibility index (Phi) is 2.96. The number of aromatic nitrogens is 1. The maximum absolute atomic E-state index is 11.7. The predicted molar refractivity (Wildman–Crippen MR) is 63.4 cm³/mol. The first-order chi connectivity index (χ1) is 8.10. The van der Waals surface area contributed by atoms with Gasteiger partial charge in [-0.05, 0) is 25.5 Å². The lowest BCUT2D eigenvalue weighted by Crippen LogP contribution is -2.31. The molecule has 0 aromatic carbocycles. The lowest BCUT2D eigenvalue weighted by atomic mass is 10.2. The van der Waals surface area contributed by atoms with Crippen LogP contribution in [0.4, 0.5) is 5.82 Å². The molecule has 1 amide bonds. The summed E-state index contributed by atoms with van der Waals surface area (Å²) in [7, 11) is 1.79. The zero-order valence-corrected chi connectivity index (χ0v) is 9.90. The van der Waals surface area contributed by atoms with Crippen LogP contribution in [-0.4, -0.2) is 35.4 Å². The van der Waals surface area contributed by atoms with Gasteiger partial charge in [0.2, 0.25) is 5.91 Å². The van der Waals surface area contributed by atoms with Crippen LogP contribution in [0.5, 0.6) is 0 Å². The van der Waals surface area contributed by atoms with Crippen molar-refractivity contribution in [3.8, 4) is 6.07 Å². The van der Waals surface area contributed by atoms with Crippen molar-refractivity contribution in [2.75, 3.05) is 18.9 Å². The number of carbonyl (C=O) groups excluding carboxylic acids is 1. The van der Waals surface area contributed by atoms with E-state index in [1.54, 1.807) is 24.1 Å². The summed E-state index contributed by atoms with van der Waals surface area (Å²) in [5.74, 6) is 0.669. The van der Waals surface area contributed by atoms with Crippen molar-refractivity contribution in [1.29, 1.82) is 5.26 Å². The smallest absolute Gasteiger partial charge is 0.244 e. The molecule has 1 atom stereocenters. The van der Waals surface area contributed by atoms with Crippen molar-refractivity contribution in [3.05, 3.63) is 23.4 Å². The Labute approximate surface area is 100 Å². The normalized spacial score (nSPS) is 19.2. The lowest BCUT2D eigenvalue weighted by molar-refractivity contribution is -0.127. The Morgan fingerprint density at radius 1 is 1.59 bits per heavy atom. The highest BCUT2D eigenvalue weighted by Gasteiger charge is 2.29. The van der Waals surface area contributed by atoms with Crippen LogP contribution >= 0.6 is 0 Å². The summed E-state index contributed by atoms with van der Waals surface area (Å²) in [5, 5.41) is 11.9. The average Bonchev–Trinajstić information content (AvgIpc) is 2.60. The number of rotatable bonds is 2. The molecule has 1 aliphatic rings. The third-order valence-corrected chi connectivity index (χ3v) is 2.83. The highest BCUT2D eigenvalue weighted by Crippen LogP contribution is 2.16. The molecule has 5 heteroatoms. The number of aryl methyl sites for hydroxylation is 1. The van der Waals surface area contributed by atoms with Crippen LogP contribution in [0.1, 0.15) is 17.7 Å². The lowest BCUT2D eigenvalue weighted by Gasteiger charge is -2.13. The number of likely N-dealkylation sites (tertiary alicyclic amines) is 1. The number of nitrogens with one attached hydrogen (secondary N) is 1. The van der Waals surface area contributed by atoms with E-state index in [-0.39, 0.29) is 11.9 Å². The third-order valence-electron chi connectivity index (χ3n) is 2.83. The minimum absolute atomic E-state index is 0.0758. The summed E-state index contributed by atoms with van der Waals surface area (Å²) in [6, 6.07) is 5.24. The number of hydrogen-bond acceptors (Lipinski definition) is 4. The molecule has 1 aromatic heterocycles. The van der Waals surface area contributed by atoms with E-state index in [1.807, 2.05) is 6.92 Å². The highest BCUT2D eigenvalue weighted by molar-refractivity contribution is 5.86. The van der Waals surface area contributed by atoms with Crippen molar-refractivity contribution < 1.29 is 4.79 Å². The molecular formula is C12H14N4O. The molecule has 2 heterocycles. The molecule has 1 fully saturated rings. The fraction of sp³-hybridized carbons (Fsp3) is 0.417. The van der Waals surface area contributed by atoms with Crippen molar-refractivity contribution in [2.45, 2.75) is 19.4 Å². The minimum atomic E-state index is -0.221. The van der Waals surface area contributed by atoms with Crippen LogP contribution in [0.2, 0.25) is 0 Å². The second kappa shape index (κ2) is 4.42. The monoisotopic (exact) mass is 230 g/mol. The molecule has 1 saturated heterocycles. The first kappa shape index (κ1) is 11.4. The van der Waals surface area contributed by atoms with E-state index in [0.29, 0.717) is 11.4 Å². The van der Waals surface area contributed by atoms with Gasteiger partial charge in [0.25, 0.3) is 0 Å². The van der Waals surface area contributed by atoms with E-state index in [0.717, 1.165) is 18.7 Å². The van der Waals surface area contributed by atoms with Gasteiger partial charge in [0.05, 0.1) is 11.6 Å². The quantitative estimate of drug-likeness (QED) is 0.819. The number of amides is 1. The molecule has 1 aromatic rings. The van der Waals surface area contributed by atoms with E-state index in [2.05, 4.69) is 16.4 Å². The molecule has 0 spiro atoms. The SMILES string of the molecule is Cc1cc(C#N)cc(NC2CCN(C)C2=O)n1. The number of nitrogens with zero attached hydrogens (tertiary/aromatic N) is 3. The van der Waals surface area contributed by atoms with Crippen molar-refractivity contribution >= 4 is 11.7 Å². The van der Waals surface area contributed by atoms with Crippen molar-refractivity contribution in [1.82, 2.24) is 9.88 Å². The van der Waals surface area contributed by atoms with E-state index in [9.17, 15) is 4.79 Å². The highest BCUT2D eigenvalue weighted by atomic mass is 16.2. The van der Waals surface area contributed by atoms with Gasteiger partial charge in [-0.3, -0.25) is 4.79 Å². The molecule has 1 unspecified atom stereocenters. The summed E-state index contributed by atoms with van der Waals surface area (Å²) < 4.78 is 0. The van der Waals surface area contributed by atoms with Gasteiger partial charge in [0.1, 0.15) is 11.9 Å². The standard InChI is InChI=1S/C12H14N4O/c1-8-5-9(7-13)6-11(14-8)15-10-3-4-16(2)12(10)17/h5-6,10H,3-4H2,1-2H3,(H,14,15). The van der Waals surface area contributed by atoms with E-state index >= 15 is 0 Å². The Morgan fingerprint density at radius 3 is 2.94 bits per heavy atom. The first-order valence-electron chi connectivity index (χ1n) is 5.50. The van der Waals surface area contributed by atoms with Gasteiger partial charge >= 0.3 is 0 Å². The molecule has 1 N–H and O–H groups in total. The average molecular weight is 230 g/mol. The fourth-order valence-corrected chi connectivity index (χ4v) is 1.94. The topological polar surface area (TPSA) is 69.0 Å². The molecule has 2 rings (SSSR count). The van der Waals surface area contributed by atoms with Gasteiger partial charge in [0.15, 0.2) is 0 Å². The summed E-state index contributed by atoms with van der Waals surface area (Å²) in [6.45, 7) is 2.59. The predicted octanol–water partition coefficient (Wildman–Crippen LogP) is 0.904. The second-order valence-corrected chi connectivity index (χ2v) is 4.24. The van der Waals surface area contributed by atoms with Gasteiger partial charge in [-0.15, -0.1) is 0 Å². The van der Waals surface area contributed by atoms with Gasteiger partial charge in [-0.1, -0.05) is 0 Å². The molecule has 0 aliphatic carbocycles. The minimum Gasteiger partial charge on any atom is -0.358 e. The van der Waals surface area contributed by atoms with Crippen LogP contribution in [0, 0.1) is 18.3 Å². The maximum atomic E-state index is 11.7. The van der Waals surface area contributed by atoms with Gasteiger partial charge in [-0.2, -0.15) is 5.26 Å². The molecule has 0 saturated carbocycles. The maximum Gasteiger partial charge on any atom is 0.244 e. The molecule has 0 radical (unpaired) electrons. The Bertz CT molecular complexity index is 492. The summed E-state index contributed by atoms with van der Waals surface area (Å²) in [4.78, 5) is 17.7. The molecule has 88 valence electrons. The van der Waals surface area contributed by atoms with Crippen LogP contribution in [-0.2, 0) is 4.79 Å². The largest absolute Gasteiger partial charge is 0.358 e. The second-order valence-electron chi connectivity index (χ2n) is 4.24. The molecule has 0 bridgehead atoms. The molecule has 1 aliphatic heterocycles. The number of likely N-dealkylation sites (N-methyl/N-ethyl adjacent to an activating group) is 1. The summed E-state index contributed by atoms with van der Waals surface area (Å²) in [6.07, 6.45) is 0.771. The van der Waals surface area contributed by atoms with Gasteiger partial charge in [-0.25, -0.2) is 4.98 Å². The van der Waals surface area contributed by atoms with Crippen molar-refractivity contribution in [2.24, 2.45) is 0 Å². The van der Waals surface area contributed by atoms with Gasteiger partial charge < -0.3 is 10.2 Å². The molecule has 17 heavy (non-hydrogen) atoms.